The minimum Gasteiger partial charge on any atom is -0.372 e. The molecule has 1 fully saturated rings. The van der Waals surface area contributed by atoms with Crippen LogP contribution in [-0.2, 0) is 4.84 Å². The van der Waals surface area contributed by atoms with Gasteiger partial charge in [0.15, 0.2) is 0 Å². The normalized spacial score (nSPS) is 18.7. The molecule has 0 aromatic carbocycles. The van der Waals surface area contributed by atoms with Crippen LogP contribution in [0.4, 0.5) is 0 Å². The third kappa shape index (κ3) is 5.85. The summed E-state index contributed by atoms with van der Waals surface area (Å²) in [4.78, 5) is 17.1. The van der Waals surface area contributed by atoms with E-state index >= 15 is 0 Å². The third-order valence-electron chi connectivity index (χ3n) is 2.43. The summed E-state index contributed by atoms with van der Waals surface area (Å²) in [6.45, 7) is 7.87. The first-order valence-corrected chi connectivity index (χ1v) is 6.46. The highest BCUT2D eigenvalue weighted by Crippen LogP contribution is 2.05. The molecule has 1 aliphatic rings. The van der Waals surface area contributed by atoms with Crippen molar-refractivity contribution in [3.05, 3.63) is 40.4 Å². The molecular formula is C12H18ClN5O2. The molecule has 0 aliphatic carbocycles. The van der Waals surface area contributed by atoms with Crippen molar-refractivity contribution in [3.63, 3.8) is 0 Å². The molecule has 0 bridgehead atoms. The van der Waals surface area contributed by atoms with E-state index in [0.29, 0.717) is 37.4 Å². The van der Waals surface area contributed by atoms with E-state index in [4.69, 9.17) is 16.4 Å². The lowest BCUT2D eigenvalue weighted by Crippen LogP contribution is -2.49. The van der Waals surface area contributed by atoms with E-state index in [1.54, 1.807) is 12.2 Å². The first-order chi connectivity index (χ1) is 9.67. The molecule has 0 aromatic heterocycles. The van der Waals surface area contributed by atoms with E-state index < -0.39 is 0 Å². The van der Waals surface area contributed by atoms with Crippen molar-refractivity contribution in [2.24, 2.45) is 10.4 Å². The van der Waals surface area contributed by atoms with Gasteiger partial charge in [-0.3, -0.25) is 4.84 Å². The number of nitroso groups, excluding NO2 is 1. The molecule has 0 saturated carbocycles. The van der Waals surface area contributed by atoms with Crippen molar-refractivity contribution >= 4 is 17.6 Å². The van der Waals surface area contributed by atoms with Gasteiger partial charge in [0.2, 0.25) is 5.96 Å². The van der Waals surface area contributed by atoms with Crippen LogP contribution in [0.2, 0.25) is 0 Å². The molecule has 110 valence electrons. The Morgan fingerprint density at radius 2 is 2.45 bits per heavy atom. The van der Waals surface area contributed by atoms with Gasteiger partial charge in [0.05, 0.1) is 11.9 Å². The van der Waals surface area contributed by atoms with Crippen molar-refractivity contribution in [2.75, 3.05) is 26.2 Å². The second kappa shape index (κ2) is 9.11. The van der Waals surface area contributed by atoms with Gasteiger partial charge in [0.25, 0.3) is 0 Å². The molecule has 8 heteroatoms. The highest BCUT2D eigenvalue weighted by atomic mass is 35.5. The molecule has 0 aromatic rings. The monoisotopic (exact) mass is 299 g/mol. The highest BCUT2D eigenvalue weighted by Gasteiger charge is 2.17. The predicted molar refractivity (Wildman–Crippen MR) is 79.8 cm³/mol. The second-order valence-electron chi connectivity index (χ2n) is 4.07. The maximum absolute atomic E-state index is 10.2. The molecule has 2 N–H and O–H groups in total. The zero-order valence-electron chi connectivity index (χ0n) is 11.3. The fourth-order valence-corrected chi connectivity index (χ4v) is 1.66. The summed E-state index contributed by atoms with van der Waals surface area (Å²) in [6.07, 6.45) is 5.38. The molecule has 0 spiro atoms. The van der Waals surface area contributed by atoms with Gasteiger partial charge in [-0.1, -0.05) is 34.4 Å². The van der Waals surface area contributed by atoms with Crippen molar-refractivity contribution in [3.8, 4) is 0 Å². The predicted octanol–water partition coefficient (Wildman–Crippen LogP) is 1.66. The molecule has 1 rings (SSSR count). The first-order valence-electron chi connectivity index (χ1n) is 6.08. The Hall–Kier alpha value is -1.86. The van der Waals surface area contributed by atoms with Gasteiger partial charge in [0, 0.05) is 19.6 Å². The van der Waals surface area contributed by atoms with Crippen LogP contribution in [0.25, 0.3) is 0 Å². The number of allylic oxidation sites excluding steroid dienone is 2. The summed E-state index contributed by atoms with van der Waals surface area (Å²) in [5.74, 6) is 0.304. The lowest BCUT2D eigenvalue weighted by Gasteiger charge is -2.29. The van der Waals surface area contributed by atoms with Gasteiger partial charge in [-0.2, -0.15) is 0 Å². The molecule has 0 atom stereocenters. The van der Waals surface area contributed by atoms with Gasteiger partial charge in [-0.15, -0.1) is 11.5 Å². The van der Waals surface area contributed by atoms with Crippen molar-refractivity contribution in [1.29, 1.82) is 0 Å². The quantitative estimate of drug-likeness (QED) is 0.246. The lowest BCUT2D eigenvalue weighted by atomic mass is 10.2. The number of nitrogens with one attached hydrogen (secondary N) is 2. The largest absolute Gasteiger partial charge is 0.372 e. The van der Waals surface area contributed by atoms with E-state index in [1.807, 2.05) is 17.9 Å². The van der Waals surface area contributed by atoms with Crippen LogP contribution in [0.1, 0.15) is 6.92 Å². The van der Waals surface area contributed by atoms with Crippen LogP contribution in [-0.4, -0.2) is 37.1 Å². The molecule has 1 saturated heterocycles. The number of rotatable bonds is 7. The Bertz CT molecular complexity index is 434. The van der Waals surface area contributed by atoms with Crippen LogP contribution in [0, 0.1) is 4.91 Å². The van der Waals surface area contributed by atoms with Crippen LogP contribution < -0.4 is 10.8 Å². The number of nitrogens with zero attached hydrogens (tertiary/aromatic N) is 3. The smallest absolute Gasteiger partial charge is 0.246 e. The summed E-state index contributed by atoms with van der Waals surface area (Å²) in [7, 11) is 0. The first kappa shape index (κ1) is 16.2. The van der Waals surface area contributed by atoms with Crippen LogP contribution in [0.15, 0.2) is 45.9 Å². The van der Waals surface area contributed by atoms with Crippen LogP contribution in [0.5, 0.6) is 0 Å². The maximum atomic E-state index is 10.2. The Balaban J connectivity index is 2.58. The average Bonchev–Trinajstić information content (AvgIpc) is 2.45. The summed E-state index contributed by atoms with van der Waals surface area (Å²) < 4.78 is 0. The Kier molecular flexibility index (Phi) is 7.38. The Morgan fingerprint density at radius 1 is 1.65 bits per heavy atom. The van der Waals surface area contributed by atoms with Crippen molar-refractivity contribution < 1.29 is 4.84 Å². The molecule has 7 nitrogen and oxygen atoms in total. The van der Waals surface area contributed by atoms with E-state index in [1.165, 1.54) is 0 Å². The third-order valence-corrected chi connectivity index (χ3v) is 2.69. The maximum Gasteiger partial charge on any atom is 0.246 e. The highest BCUT2D eigenvalue weighted by molar-refractivity contribution is 6.29. The topological polar surface area (TPSA) is 78.3 Å². The lowest BCUT2D eigenvalue weighted by molar-refractivity contribution is 0.0394. The average molecular weight is 300 g/mol. The summed E-state index contributed by atoms with van der Waals surface area (Å²) in [5, 5.41) is 9.44. The fraction of sp³-hybridized carbons (Fsp3) is 0.417. The number of halogens is 1. The number of hydroxylamine groups is 1. The zero-order valence-corrected chi connectivity index (χ0v) is 12.1. The van der Waals surface area contributed by atoms with Crippen molar-refractivity contribution in [2.45, 2.75) is 6.92 Å². The van der Waals surface area contributed by atoms with E-state index in [-0.39, 0.29) is 0 Å². The number of guanidine groups is 1. The Labute approximate surface area is 122 Å². The second-order valence-corrected chi connectivity index (χ2v) is 4.48. The van der Waals surface area contributed by atoms with Gasteiger partial charge >= 0.3 is 0 Å². The van der Waals surface area contributed by atoms with Gasteiger partial charge in [0.1, 0.15) is 5.16 Å². The molecule has 20 heavy (non-hydrogen) atoms. The molecule has 0 radical (unpaired) electrons. The van der Waals surface area contributed by atoms with E-state index in [2.05, 4.69) is 27.8 Å². The van der Waals surface area contributed by atoms with Crippen LogP contribution in [0.3, 0.4) is 0 Å². The van der Waals surface area contributed by atoms with E-state index in [9.17, 15) is 4.91 Å². The van der Waals surface area contributed by atoms with Gasteiger partial charge < -0.3 is 10.2 Å². The summed E-state index contributed by atoms with van der Waals surface area (Å²) in [5.41, 5.74) is 3.61. The molecule has 0 amide bonds. The Morgan fingerprint density at radius 3 is 3.15 bits per heavy atom. The zero-order chi connectivity index (χ0) is 14.8. The van der Waals surface area contributed by atoms with Gasteiger partial charge in [-0.05, 0) is 13.0 Å². The molecular weight excluding hydrogens is 282 g/mol. The number of hydrogen-bond acceptors (Lipinski definition) is 4. The molecule has 1 heterocycles. The fourth-order valence-electron chi connectivity index (χ4n) is 1.52. The SMILES string of the molecule is C=CCN/C(Cl)=C\C=C(/C)CN1CCON/C1=N\N=O. The van der Waals surface area contributed by atoms with Crippen LogP contribution >= 0.6 is 11.6 Å². The standard InChI is InChI=1S/C12H18ClN5O2/c1-3-6-14-11(13)5-4-10(2)9-18-7-8-20-16-12(18)15-17-19/h3-5,14H,1,6-9H2,2H3,(H,15,16,19)/b10-4+,11-5-. The minimum absolute atomic E-state index is 0.304. The van der Waals surface area contributed by atoms with Gasteiger partial charge in [-0.25, -0.2) is 5.48 Å². The molecule has 1 aliphatic heterocycles. The minimum atomic E-state index is 0.304. The summed E-state index contributed by atoms with van der Waals surface area (Å²) >= 11 is 5.96. The number of hydrogen-bond donors (Lipinski definition) is 2. The molecule has 0 unspecified atom stereocenters. The van der Waals surface area contributed by atoms with Crippen molar-refractivity contribution in [1.82, 2.24) is 15.7 Å². The van der Waals surface area contributed by atoms with E-state index in [0.717, 1.165) is 5.57 Å². The summed E-state index contributed by atoms with van der Waals surface area (Å²) in [6, 6.07) is 0.